The maximum atomic E-state index is 12.3. The highest BCUT2D eigenvalue weighted by Crippen LogP contribution is 2.38. The average molecular weight is 283 g/mol. The smallest absolute Gasteiger partial charge is 0.326 e. The van der Waals surface area contributed by atoms with Gasteiger partial charge in [-0.25, -0.2) is 0 Å². The van der Waals surface area contributed by atoms with E-state index in [9.17, 15) is 4.79 Å². The van der Waals surface area contributed by atoms with Gasteiger partial charge >= 0.3 is 5.97 Å². The van der Waals surface area contributed by atoms with Gasteiger partial charge in [0.2, 0.25) is 0 Å². The fourth-order valence-corrected chi connectivity index (χ4v) is 3.16. The van der Waals surface area contributed by atoms with Gasteiger partial charge in [0.05, 0.1) is 0 Å². The number of carbonyl (C=O) groups is 1. The molecule has 0 saturated heterocycles. The van der Waals surface area contributed by atoms with Gasteiger partial charge < -0.3 is 10.1 Å². The SMILES string of the molecule is CCCC(C)(NC)C(=O)OC1CCC(C(C)(C)C)CC1. The molecule has 0 spiro atoms. The molecule has 0 aromatic rings. The molecule has 1 N–H and O–H groups in total. The van der Waals surface area contributed by atoms with Crippen LogP contribution in [-0.2, 0) is 9.53 Å². The molecule has 20 heavy (non-hydrogen) atoms. The maximum Gasteiger partial charge on any atom is 0.326 e. The Morgan fingerprint density at radius 1 is 1.15 bits per heavy atom. The van der Waals surface area contributed by atoms with Crippen molar-refractivity contribution in [1.82, 2.24) is 5.32 Å². The van der Waals surface area contributed by atoms with Gasteiger partial charge in [-0.3, -0.25) is 4.79 Å². The minimum absolute atomic E-state index is 0.0824. The van der Waals surface area contributed by atoms with E-state index in [-0.39, 0.29) is 12.1 Å². The first-order valence-corrected chi connectivity index (χ1v) is 8.13. The van der Waals surface area contributed by atoms with E-state index >= 15 is 0 Å². The van der Waals surface area contributed by atoms with Crippen molar-refractivity contribution in [3.05, 3.63) is 0 Å². The molecular weight excluding hydrogens is 250 g/mol. The second kappa shape index (κ2) is 6.93. The van der Waals surface area contributed by atoms with Crippen LogP contribution in [0.3, 0.4) is 0 Å². The van der Waals surface area contributed by atoms with Crippen LogP contribution in [0.4, 0.5) is 0 Å². The molecule has 1 atom stereocenters. The lowest BCUT2D eigenvalue weighted by Crippen LogP contribution is -2.49. The van der Waals surface area contributed by atoms with Gasteiger partial charge in [-0.2, -0.15) is 0 Å². The van der Waals surface area contributed by atoms with Crippen molar-refractivity contribution in [1.29, 1.82) is 0 Å². The molecule has 3 nitrogen and oxygen atoms in total. The summed E-state index contributed by atoms with van der Waals surface area (Å²) in [4.78, 5) is 12.3. The zero-order valence-corrected chi connectivity index (χ0v) is 14.2. The number of carbonyl (C=O) groups excluding carboxylic acids is 1. The topological polar surface area (TPSA) is 38.3 Å². The molecule has 1 aliphatic rings. The molecule has 3 heteroatoms. The van der Waals surface area contributed by atoms with Gasteiger partial charge in [0.15, 0.2) is 0 Å². The summed E-state index contributed by atoms with van der Waals surface area (Å²) in [6.45, 7) is 11.0. The van der Waals surface area contributed by atoms with Crippen LogP contribution in [0.15, 0.2) is 0 Å². The third kappa shape index (κ3) is 4.47. The first kappa shape index (κ1) is 17.5. The third-order valence-corrected chi connectivity index (χ3v) is 4.92. The van der Waals surface area contributed by atoms with Crippen molar-refractivity contribution in [2.45, 2.75) is 84.8 Å². The highest BCUT2D eigenvalue weighted by Gasteiger charge is 2.36. The molecule has 1 unspecified atom stereocenters. The molecule has 0 heterocycles. The van der Waals surface area contributed by atoms with Crippen molar-refractivity contribution in [3.8, 4) is 0 Å². The fraction of sp³-hybridized carbons (Fsp3) is 0.941. The van der Waals surface area contributed by atoms with E-state index in [1.54, 1.807) is 0 Å². The van der Waals surface area contributed by atoms with Crippen molar-refractivity contribution >= 4 is 5.97 Å². The van der Waals surface area contributed by atoms with Crippen LogP contribution >= 0.6 is 0 Å². The average Bonchev–Trinajstić information content (AvgIpc) is 2.38. The summed E-state index contributed by atoms with van der Waals surface area (Å²) < 4.78 is 5.76. The van der Waals surface area contributed by atoms with Gasteiger partial charge in [-0.15, -0.1) is 0 Å². The van der Waals surface area contributed by atoms with E-state index in [1.165, 1.54) is 12.8 Å². The zero-order chi connectivity index (χ0) is 15.4. The minimum atomic E-state index is -0.532. The molecule has 1 fully saturated rings. The predicted octanol–water partition coefficient (Wildman–Crippen LogP) is 3.91. The number of likely N-dealkylation sites (N-methyl/N-ethyl adjacent to an activating group) is 1. The van der Waals surface area contributed by atoms with Crippen LogP contribution in [0.5, 0.6) is 0 Å². The number of rotatable bonds is 5. The number of ether oxygens (including phenoxy) is 1. The lowest BCUT2D eigenvalue weighted by atomic mass is 9.72. The van der Waals surface area contributed by atoms with E-state index < -0.39 is 5.54 Å². The van der Waals surface area contributed by atoms with Gasteiger partial charge in [0, 0.05) is 0 Å². The lowest BCUT2D eigenvalue weighted by molar-refractivity contribution is -0.159. The first-order valence-electron chi connectivity index (χ1n) is 8.13. The molecule has 0 aliphatic heterocycles. The molecular formula is C17H33NO2. The van der Waals surface area contributed by atoms with Crippen molar-refractivity contribution in [3.63, 3.8) is 0 Å². The summed E-state index contributed by atoms with van der Waals surface area (Å²) in [6.07, 6.45) is 6.28. The van der Waals surface area contributed by atoms with Crippen LogP contribution in [0, 0.1) is 11.3 Å². The largest absolute Gasteiger partial charge is 0.461 e. The Bertz CT molecular complexity index is 313. The molecule has 1 aliphatic carbocycles. The molecule has 0 bridgehead atoms. The van der Waals surface area contributed by atoms with Crippen LogP contribution < -0.4 is 5.32 Å². The van der Waals surface area contributed by atoms with Crippen LogP contribution in [0.25, 0.3) is 0 Å². The number of hydrogen-bond acceptors (Lipinski definition) is 3. The molecule has 118 valence electrons. The molecule has 0 amide bonds. The van der Waals surface area contributed by atoms with Gasteiger partial charge in [0.1, 0.15) is 11.6 Å². The predicted molar refractivity (Wildman–Crippen MR) is 83.7 cm³/mol. The Morgan fingerprint density at radius 2 is 1.70 bits per heavy atom. The first-order chi connectivity index (χ1) is 9.23. The standard InChI is InChI=1S/C17H33NO2/c1-7-12-17(5,18-6)15(19)20-14-10-8-13(9-11-14)16(2,3)4/h13-14,18H,7-12H2,1-6H3. The van der Waals surface area contributed by atoms with Gasteiger partial charge in [0.25, 0.3) is 0 Å². The summed E-state index contributed by atoms with van der Waals surface area (Å²) in [5.74, 6) is 0.671. The van der Waals surface area contributed by atoms with Crippen LogP contribution in [0.2, 0.25) is 0 Å². The molecule has 0 aromatic carbocycles. The van der Waals surface area contributed by atoms with E-state index in [1.807, 2.05) is 14.0 Å². The van der Waals surface area contributed by atoms with E-state index in [2.05, 4.69) is 33.0 Å². The number of nitrogens with one attached hydrogen (secondary N) is 1. The number of hydrogen-bond donors (Lipinski definition) is 1. The maximum absolute atomic E-state index is 12.3. The second-order valence-electron chi connectivity index (χ2n) is 7.58. The molecule has 0 radical (unpaired) electrons. The Kier molecular flexibility index (Phi) is 6.06. The molecule has 1 rings (SSSR count). The number of esters is 1. The van der Waals surface area contributed by atoms with E-state index in [0.717, 1.165) is 31.6 Å². The summed E-state index contributed by atoms with van der Waals surface area (Å²) in [6, 6.07) is 0. The Labute approximate surface area is 124 Å². The minimum Gasteiger partial charge on any atom is -0.461 e. The quantitative estimate of drug-likeness (QED) is 0.777. The Morgan fingerprint density at radius 3 is 2.10 bits per heavy atom. The molecule has 1 saturated carbocycles. The fourth-order valence-electron chi connectivity index (χ4n) is 3.16. The van der Waals surface area contributed by atoms with Crippen LogP contribution in [-0.4, -0.2) is 24.7 Å². The summed E-state index contributed by atoms with van der Waals surface area (Å²) in [5.41, 5.74) is -0.160. The van der Waals surface area contributed by atoms with Gasteiger partial charge in [-0.05, 0) is 57.4 Å². The summed E-state index contributed by atoms with van der Waals surface area (Å²) in [5, 5.41) is 3.13. The third-order valence-electron chi connectivity index (χ3n) is 4.92. The summed E-state index contributed by atoms with van der Waals surface area (Å²) in [7, 11) is 1.84. The van der Waals surface area contributed by atoms with E-state index in [0.29, 0.717) is 5.41 Å². The second-order valence-corrected chi connectivity index (χ2v) is 7.58. The Hall–Kier alpha value is -0.570. The van der Waals surface area contributed by atoms with Crippen LogP contribution in [0.1, 0.15) is 73.1 Å². The normalized spacial score (nSPS) is 26.9. The van der Waals surface area contributed by atoms with Crippen molar-refractivity contribution in [2.24, 2.45) is 11.3 Å². The Balaban J connectivity index is 2.49. The lowest BCUT2D eigenvalue weighted by Gasteiger charge is -2.37. The summed E-state index contributed by atoms with van der Waals surface area (Å²) >= 11 is 0. The van der Waals surface area contributed by atoms with Gasteiger partial charge in [-0.1, -0.05) is 34.1 Å². The zero-order valence-electron chi connectivity index (χ0n) is 14.2. The monoisotopic (exact) mass is 283 g/mol. The highest BCUT2D eigenvalue weighted by atomic mass is 16.5. The van der Waals surface area contributed by atoms with E-state index in [4.69, 9.17) is 4.74 Å². The highest BCUT2D eigenvalue weighted by molar-refractivity contribution is 5.80. The molecule has 0 aromatic heterocycles. The van der Waals surface area contributed by atoms with Crippen molar-refractivity contribution in [2.75, 3.05) is 7.05 Å². The van der Waals surface area contributed by atoms with Crippen molar-refractivity contribution < 1.29 is 9.53 Å².